The van der Waals surface area contributed by atoms with Crippen LogP contribution < -0.4 is 0 Å². The minimum absolute atomic E-state index is 0.621. The predicted octanol–water partition coefficient (Wildman–Crippen LogP) is 3.34. The van der Waals surface area contributed by atoms with Crippen molar-refractivity contribution in [2.45, 2.75) is 0 Å². The molecule has 0 spiro atoms. The third-order valence-electron chi connectivity index (χ3n) is 1.66. The highest BCUT2D eigenvalue weighted by Gasteiger charge is 1.89. The lowest BCUT2D eigenvalue weighted by molar-refractivity contribution is 1.50. The van der Waals surface area contributed by atoms with Crippen LogP contribution in [0.5, 0.6) is 0 Å². The van der Waals surface area contributed by atoms with E-state index in [0.29, 0.717) is 5.57 Å². The fourth-order valence-electron chi connectivity index (χ4n) is 1.02. The molecule has 0 aliphatic heterocycles. The number of allylic oxidation sites excluding steroid dienone is 4. The van der Waals surface area contributed by atoms with Crippen molar-refractivity contribution in [1.29, 1.82) is 5.26 Å². The lowest BCUT2D eigenvalue weighted by atomic mass is 10.1. The largest absolute Gasteiger partial charge is 0.192 e. The number of hydrogen-bond acceptors (Lipinski definition) is 1. The first-order valence-electron chi connectivity index (χ1n) is 4.33. The van der Waals surface area contributed by atoms with E-state index in [1.807, 2.05) is 36.4 Å². The Labute approximate surface area is 84.3 Å². The van der Waals surface area contributed by atoms with Gasteiger partial charge in [-0.1, -0.05) is 49.1 Å². The topological polar surface area (TPSA) is 23.8 Å². The predicted molar refractivity (Wildman–Crippen MR) is 59.4 cm³/mol. The van der Waals surface area contributed by atoms with Crippen LogP contribution in [0.25, 0.3) is 6.08 Å². The van der Waals surface area contributed by atoms with Gasteiger partial charge in [0.15, 0.2) is 0 Å². The fraction of sp³-hybridized carbons (Fsp3) is 0. The smallest absolute Gasteiger partial charge is 0.0991 e. The van der Waals surface area contributed by atoms with E-state index < -0.39 is 0 Å². The normalized spacial score (nSPS) is 11.2. The quantitative estimate of drug-likeness (QED) is 0.518. The van der Waals surface area contributed by atoms with Gasteiger partial charge in [-0.2, -0.15) is 5.26 Å². The Bertz CT molecular complexity index is 391. The second-order valence-corrected chi connectivity index (χ2v) is 2.72. The molecule has 1 aromatic carbocycles. The van der Waals surface area contributed by atoms with Crippen molar-refractivity contribution in [2.24, 2.45) is 0 Å². The van der Waals surface area contributed by atoms with E-state index in [2.05, 4.69) is 12.6 Å². The summed E-state index contributed by atoms with van der Waals surface area (Å²) in [6.45, 7) is 3.55. The molecule has 1 nitrogen and oxygen atoms in total. The van der Waals surface area contributed by atoms with E-state index in [9.17, 15) is 0 Å². The highest BCUT2D eigenvalue weighted by Crippen LogP contribution is 2.06. The number of hydrogen-bond donors (Lipinski definition) is 0. The van der Waals surface area contributed by atoms with E-state index in [1.165, 1.54) is 0 Å². The maximum absolute atomic E-state index is 8.81. The first-order chi connectivity index (χ1) is 6.86. The van der Waals surface area contributed by atoms with Gasteiger partial charge < -0.3 is 0 Å². The fourth-order valence-corrected chi connectivity index (χ4v) is 1.02. The van der Waals surface area contributed by atoms with Gasteiger partial charge >= 0.3 is 0 Å². The molecule has 0 saturated carbocycles. The minimum Gasteiger partial charge on any atom is -0.192 e. The van der Waals surface area contributed by atoms with Gasteiger partial charge in [-0.25, -0.2) is 0 Å². The molecular weight excluding hydrogens is 170 g/mol. The average molecular weight is 181 g/mol. The zero-order chi connectivity index (χ0) is 10.2. The number of nitrogens with zero attached hydrogens (tertiary/aromatic N) is 1. The summed E-state index contributed by atoms with van der Waals surface area (Å²) < 4.78 is 0. The van der Waals surface area contributed by atoms with Gasteiger partial charge in [0, 0.05) is 0 Å². The molecule has 0 amide bonds. The Kier molecular flexibility index (Phi) is 3.97. The molecule has 0 aliphatic rings. The summed E-state index contributed by atoms with van der Waals surface area (Å²) in [5, 5.41) is 8.81. The second kappa shape index (κ2) is 5.55. The summed E-state index contributed by atoms with van der Waals surface area (Å²) in [5.41, 5.74) is 1.65. The van der Waals surface area contributed by atoms with Gasteiger partial charge in [0.1, 0.15) is 0 Å². The van der Waals surface area contributed by atoms with Gasteiger partial charge in [0.25, 0.3) is 0 Å². The second-order valence-electron chi connectivity index (χ2n) is 2.72. The van der Waals surface area contributed by atoms with E-state index in [1.54, 1.807) is 18.2 Å². The number of nitriles is 1. The lowest BCUT2D eigenvalue weighted by Crippen LogP contribution is -1.74. The Hall–Kier alpha value is -2.07. The van der Waals surface area contributed by atoms with Crippen LogP contribution in [0.15, 0.2) is 60.7 Å². The van der Waals surface area contributed by atoms with Gasteiger partial charge in [-0.3, -0.25) is 0 Å². The molecular formula is C13H11N. The van der Waals surface area contributed by atoms with Crippen LogP contribution in [0, 0.1) is 11.3 Å². The highest BCUT2D eigenvalue weighted by molar-refractivity contribution is 5.60. The lowest BCUT2D eigenvalue weighted by Gasteiger charge is -1.91. The van der Waals surface area contributed by atoms with E-state index >= 15 is 0 Å². The summed E-state index contributed by atoms with van der Waals surface area (Å²) >= 11 is 0. The average Bonchev–Trinajstić information content (AvgIpc) is 2.25. The SMILES string of the molecule is C=C/C=C\C(C#N)=C/c1ccccc1. The maximum Gasteiger partial charge on any atom is 0.0991 e. The molecule has 0 heterocycles. The van der Waals surface area contributed by atoms with Crippen LogP contribution in [-0.2, 0) is 0 Å². The zero-order valence-electron chi connectivity index (χ0n) is 7.85. The van der Waals surface area contributed by atoms with Crippen LogP contribution >= 0.6 is 0 Å². The van der Waals surface area contributed by atoms with E-state index in [0.717, 1.165) is 5.56 Å². The van der Waals surface area contributed by atoms with Crippen molar-refractivity contribution in [1.82, 2.24) is 0 Å². The molecule has 0 fully saturated rings. The van der Waals surface area contributed by atoms with E-state index in [4.69, 9.17) is 5.26 Å². The third kappa shape index (κ3) is 3.12. The van der Waals surface area contributed by atoms with Crippen LogP contribution in [-0.4, -0.2) is 0 Å². The molecule has 1 aromatic rings. The molecule has 0 aromatic heterocycles. The van der Waals surface area contributed by atoms with E-state index in [-0.39, 0.29) is 0 Å². The summed E-state index contributed by atoms with van der Waals surface area (Å²) in [4.78, 5) is 0. The molecule has 0 bridgehead atoms. The van der Waals surface area contributed by atoms with Crippen LogP contribution in [0.4, 0.5) is 0 Å². The minimum atomic E-state index is 0.621. The Balaban J connectivity index is 2.91. The molecule has 0 aliphatic carbocycles. The summed E-state index contributed by atoms with van der Waals surface area (Å²) in [6.07, 6.45) is 6.97. The standard InChI is InChI=1S/C13H11N/c1-2-3-7-13(11-14)10-12-8-5-4-6-9-12/h2-10H,1H2/b7-3-,13-10+. The maximum atomic E-state index is 8.81. The van der Waals surface area contributed by atoms with Gasteiger partial charge in [-0.05, 0) is 17.7 Å². The third-order valence-corrected chi connectivity index (χ3v) is 1.66. The van der Waals surface area contributed by atoms with Gasteiger partial charge in [0.05, 0.1) is 11.6 Å². The van der Waals surface area contributed by atoms with Crippen molar-refractivity contribution in [3.05, 3.63) is 66.3 Å². The Morgan fingerprint density at radius 3 is 2.57 bits per heavy atom. The molecule has 14 heavy (non-hydrogen) atoms. The molecule has 0 unspecified atom stereocenters. The summed E-state index contributed by atoms with van der Waals surface area (Å²) in [5.74, 6) is 0. The number of benzene rings is 1. The molecule has 0 atom stereocenters. The van der Waals surface area contributed by atoms with Crippen LogP contribution in [0.1, 0.15) is 5.56 Å². The van der Waals surface area contributed by atoms with Crippen molar-refractivity contribution < 1.29 is 0 Å². The first kappa shape index (κ1) is 10.0. The van der Waals surface area contributed by atoms with Gasteiger partial charge in [0.2, 0.25) is 0 Å². The van der Waals surface area contributed by atoms with Crippen molar-refractivity contribution in [3.63, 3.8) is 0 Å². The summed E-state index contributed by atoms with van der Waals surface area (Å²) in [7, 11) is 0. The molecule has 0 N–H and O–H groups in total. The first-order valence-corrected chi connectivity index (χ1v) is 4.33. The zero-order valence-corrected chi connectivity index (χ0v) is 7.85. The molecule has 1 rings (SSSR count). The van der Waals surface area contributed by atoms with Crippen molar-refractivity contribution in [2.75, 3.05) is 0 Å². The Morgan fingerprint density at radius 1 is 1.29 bits per heavy atom. The van der Waals surface area contributed by atoms with Crippen molar-refractivity contribution >= 4 is 6.08 Å². The van der Waals surface area contributed by atoms with Crippen molar-refractivity contribution in [3.8, 4) is 6.07 Å². The molecule has 0 radical (unpaired) electrons. The highest BCUT2D eigenvalue weighted by atomic mass is 14.2. The monoisotopic (exact) mass is 181 g/mol. The number of rotatable bonds is 3. The van der Waals surface area contributed by atoms with Gasteiger partial charge in [-0.15, -0.1) is 0 Å². The molecule has 1 heteroatoms. The Morgan fingerprint density at radius 2 is 2.00 bits per heavy atom. The molecule has 68 valence electrons. The summed E-state index contributed by atoms with van der Waals surface area (Å²) in [6, 6.07) is 11.9. The van der Waals surface area contributed by atoms with Crippen LogP contribution in [0.3, 0.4) is 0 Å². The molecule has 0 saturated heterocycles. The van der Waals surface area contributed by atoms with Crippen LogP contribution in [0.2, 0.25) is 0 Å².